The lowest BCUT2D eigenvalue weighted by Gasteiger charge is -2.14. The molecule has 0 saturated carbocycles. The van der Waals surface area contributed by atoms with E-state index in [0.29, 0.717) is 25.3 Å². The molecule has 6 heteroatoms. The number of urea groups is 1. The van der Waals surface area contributed by atoms with E-state index in [-0.39, 0.29) is 11.4 Å². The minimum Gasteiger partial charge on any atom is -0.393 e. The maximum atomic E-state index is 12.1. The summed E-state index contributed by atoms with van der Waals surface area (Å²) in [6.07, 6.45) is 0.0839. The Hall–Kier alpha value is -2.34. The Labute approximate surface area is 149 Å². The zero-order chi connectivity index (χ0) is 18.4. The lowest BCUT2D eigenvalue weighted by molar-refractivity contribution is 0.184. The maximum absolute atomic E-state index is 12.1. The second kappa shape index (κ2) is 8.16. The molecule has 0 radical (unpaired) electrons. The fraction of sp³-hybridized carbons (Fsp3) is 0.474. The van der Waals surface area contributed by atoms with Gasteiger partial charge < -0.3 is 10.4 Å². The number of benzene rings is 1. The van der Waals surface area contributed by atoms with Crippen molar-refractivity contribution in [2.75, 3.05) is 11.9 Å². The lowest BCUT2D eigenvalue weighted by Crippen LogP contribution is -2.31. The highest BCUT2D eigenvalue weighted by atomic mass is 16.3. The van der Waals surface area contributed by atoms with Crippen molar-refractivity contribution >= 4 is 11.8 Å². The Kier molecular flexibility index (Phi) is 6.20. The molecular weight excluding hydrogens is 316 g/mol. The van der Waals surface area contributed by atoms with Crippen LogP contribution in [0.1, 0.15) is 45.4 Å². The van der Waals surface area contributed by atoms with Gasteiger partial charge in [0.05, 0.1) is 18.3 Å². The molecule has 0 spiro atoms. The highest BCUT2D eigenvalue weighted by Crippen LogP contribution is 2.24. The van der Waals surface area contributed by atoms with Gasteiger partial charge in [-0.25, -0.2) is 9.48 Å². The van der Waals surface area contributed by atoms with E-state index in [2.05, 4.69) is 36.5 Å². The van der Waals surface area contributed by atoms with Crippen LogP contribution >= 0.6 is 0 Å². The van der Waals surface area contributed by atoms with Crippen molar-refractivity contribution in [2.45, 2.75) is 52.2 Å². The van der Waals surface area contributed by atoms with Crippen LogP contribution in [0, 0.1) is 0 Å². The average Bonchev–Trinajstić information content (AvgIpc) is 2.91. The largest absolute Gasteiger partial charge is 0.393 e. The third-order valence-electron chi connectivity index (χ3n) is 3.81. The Morgan fingerprint density at radius 3 is 2.56 bits per heavy atom. The van der Waals surface area contributed by atoms with E-state index in [4.69, 9.17) is 0 Å². The van der Waals surface area contributed by atoms with Crippen LogP contribution in [0.2, 0.25) is 0 Å². The summed E-state index contributed by atoms with van der Waals surface area (Å²) in [5.41, 5.74) is 1.92. The SMILES string of the molecule is CC(O)CCNC(=O)Nc1cc(C(C)(C)C)nn1Cc1ccccc1. The molecule has 25 heavy (non-hydrogen) atoms. The topological polar surface area (TPSA) is 79.2 Å². The third kappa shape index (κ3) is 5.90. The van der Waals surface area contributed by atoms with Crippen LogP contribution in [0.25, 0.3) is 0 Å². The van der Waals surface area contributed by atoms with Crippen LogP contribution in [0.5, 0.6) is 0 Å². The molecule has 1 aromatic carbocycles. The molecule has 2 amide bonds. The molecular formula is C19H28N4O2. The molecule has 0 bridgehead atoms. The fourth-order valence-corrected chi connectivity index (χ4v) is 2.32. The van der Waals surface area contributed by atoms with Gasteiger partial charge in [0.15, 0.2) is 0 Å². The molecule has 6 nitrogen and oxygen atoms in total. The minimum absolute atomic E-state index is 0.110. The van der Waals surface area contributed by atoms with Crippen LogP contribution in [0.15, 0.2) is 36.4 Å². The lowest BCUT2D eigenvalue weighted by atomic mass is 9.92. The van der Waals surface area contributed by atoms with Gasteiger partial charge in [0.25, 0.3) is 0 Å². The van der Waals surface area contributed by atoms with Gasteiger partial charge in [0.2, 0.25) is 0 Å². The average molecular weight is 344 g/mol. The summed E-state index contributed by atoms with van der Waals surface area (Å²) in [5, 5.41) is 19.6. The Morgan fingerprint density at radius 1 is 1.28 bits per heavy atom. The first-order valence-electron chi connectivity index (χ1n) is 8.61. The second-order valence-electron chi connectivity index (χ2n) is 7.33. The van der Waals surface area contributed by atoms with E-state index in [1.165, 1.54) is 0 Å². The van der Waals surface area contributed by atoms with Crippen molar-refractivity contribution < 1.29 is 9.90 Å². The quantitative estimate of drug-likeness (QED) is 0.753. The molecule has 2 rings (SSSR count). The Morgan fingerprint density at radius 2 is 1.96 bits per heavy atom. The summed E-state index contributed by atoms with van der Waals surface area (Å²) < 4.78 is 1.81. The molecule has 0 aliphatic rings. The monoisotopic (exact) mass is 344 g/mol. The third-order valence-corrected chi connectivity index (χ3v) is 3.81. The summed E-state index contributed by atoms with van der Waals surface area (Å²) >= 11 is 0. The molecule has 1 unspecified atom stereocenters. The molecule has 0 aliphatic heterocycles. The summed E-state index contributed by atoms with van der Waals surface area (Å²) in [4.78, 5) is 12.1. The number of aromatic nitrogens is 2. The second-order valence-corrected chi connectivity index (χ2v) is 7.33. The number of amides is 2. The van der Waals surface area contributed by atoms with Gasteiger partial charge in [0, 0.05) is 18.0 Å². The van der Waals surface area contributed by atoms with Gasteiger partial charge in [-0.1, -0.05) is 51.1 Å². The van der Waals surface area contributed by atoms with Crippen molar-refractivity contribution in [1.82, 2.24) is 15.1 Å². The van der Waals surface area contributed by atoms with Crippen molar-refractivity contribution in [1.29, 1.82) is 0 Å². The fourth-order valence-electron chi connectivity index (χ4n) is 2.32. The van der Waals surface area contributed by atoms with Crippen LogP contribution < -0.4 is 10.6 Å². The zero-order valence-electron chi connectivity index (χ0n) is 15.4. The van der Waals surface area contributed by atoms with Crippen LogP contribution in [0.4, 0.5) is 10.6 Å². The van der Waals surface area contributed by atoms with Gasteiger partial charge in [-0.05, 0) is 18.9 Å². The normalized spacial score (nSPS) is 12.7. The summed E-state index contributed by atoms with van der Waals surface area (Å²) in [6.45, 7) is 8.98. The number of nitrogens with one attached hydrogen (secondary N) is 2. The standard InChI is InChI=1S/C19H28N4O2/c1-14(24)10-11-20-18(25)21-17-12-16(19(2,3)4)22-23(17)13-15-8-6-5-7-9-15/h5-9,12,14,24H,10-11,13H2,1-4H3,(H2,20,21,25). The molecule has 0 saturated heterocycles. The van der Waals surface area contributed by atoms with E-state index in [9.17, 15) is 9.90 Å². The predicted octanol–water partition coefficient (Wildman–Crippen LogP) is 3.12. The first-order valence-corrected chi connectivity index (χ1v) is 8.61. The molecule has 136 valence electrons. The van der Waals surface area contributed by atoms with Crippen LogP contribution in [-0.2, 0) is 12.0 Å². The Bertz CT molecular complexity index is 687. The van der Waals surface area contributed by atoms with Gasteiger partial charge >= 0.3 is 6.03 Å². The maximum Gasteiger partial charge on any atom is 0.320 e. The van der Waals surface area contributed by atoms with Gasteiger partial charge in [0.1, 0.15) is 5.82 Å². The molecule has 2 aromatic rings. The van der Waals surface area contributed by atoms with E-state index in [0.717, 1.165) is 11.3 Å². The molecule has 0 aliphatic carbocycles. The number of nitrogens with zero attached hydrogens (tertiary/aromatic N) is 2. The minimum atomic E-state index is -0.434. The summed E-state index contributed by atoms with van der Waals surface area (Å²) in [6, 6.07) is 11.6. The van der Waals surface area contributed by atoms with Crippen LogP contribution in [0.3, 0.4) is 0 Å². The molecule has 1 aromatic heterocycles. The molecule has 3 N–H and O–H groups in total. The van der Waals surface area contributed by atoms with E-state index < -0.39 is 6.10 Å². The highest BCUT2D eigenvalue weighted by molar-refractivity contribution is 5.88. The van der Waals surface area contributed by atoms with E-state index in [1.807, 2.05) is 41.1 Å². The smallest absolute Gasteiger partial charge is 0.320 e. The first-order chi connectivity index (χ1) is 11.8. The number of aliphatic hydroxyl groups excluding tert-OH is 1. The van der Waals surface area contributed by atoms with Crippen molar-refractivity contribution in [3.63, 3.8) is 0 Å². The Balaban J connectivity index is 2.14. The van der Waals surface area contributed by atoms with Crippen molar-refractivity contribution in [3.05, 3.63) is 47.7 Å². The van der Waals surface area contributed by atoms with Crippen molar-refractivity contribution in [2.24, 2.45) is 0 Å². The number of rotatable bonds is 6. The number of hydrogen-bond donors (Lipinski definition) is 3. The number of carbonyl (C=O) groups excluding carboxylic acids is 1. The summed E-state index contributed by atoms with van der Waals surface area (Å²) in [7, 11) is 0. The highest BCUT2D eigenvalue weighted by Gasteiger charge is 2.20. The number of hydrogen-bond acceptors (Lipinski definition) is 3. The zero-order valence-corrected chi connectivity index (χ0v) is 15.4. The molecule has 1 atom stereocenters. The van der Waals surface area contributed by atoms with E-state index in [1.54, 1.807) is 6.92 Å². The number of carbonyl (C=O) groups is 1. The molecule has 0 fully saturated rings. The number of aliphatic hydroxyl groups is 1. The summed E-state index contributed by atoms with van der Waals surface area (Å²) in [5.74, 6) is 0.656. The van der Waals surface area contributed by atoms with Gasteiger partial charge in [-0.3, -0.25) is 5.32 Å². The number of anilines is 1. The van der Waals surface area contributed by atoms with Gasteiger partial charge in [-0.15, -0.1) is 0 Å². The van der Waals surface area contributed by atoms with Crippen LogP contribution in [-0.4, -0.2) is 33.6 Å². The van der Waals surface area contributed by atoms with Crippen molar-refractivity contribution in [3.8, 4) is 0 Å². The molecule has 1 heterocycles. The predicted molar refractivity (Wildman–Crippen MR) is 99.8 cm³/mol. The van der Waals surface area contributed by atoms with E-state index >= 15 is 0 Å². The first kappa shape index (κ1) is 19.0. The van der Waals surface area contributed by atoms with Gasteiger partial charge in [-0.2, -0.15) is 5.10 Å².